The van der Waals surface area contributed by atoms with Crippen molar-refractivity contribution in [3.05, 3.63) is 58.2 Å². The number of halogens is 1. The molecule has 3 aromatic rings. The van der Waals surface area contributed by atoms with E-state index in [9.17, 15) is 9.18 Å². The maximum Gasteiger partial charge on any atom is 0.267 e. The molecule has 0 bridgehead atoms. The quantitative estimate of drug-likeness (QED) is 0.753. The van der Waals surface area contributed by atoms with E-state index in [2.05, 4.69) is 21.3 Å². The summed E-state index contributed by atoms with van der Waals surface area (Å²) in [5.74, 6) is -0.563. The first kappa shape index (κ1) is 15.7. The van der Waals surface area contributed by atoms with Crippen molar-refractivity contribution >= 4 is 28.1 Å². The monoisotopic (exact) mass is 331 g/mol. The van der Waals surface area contributed by atoms with E-state index in [1.165, 1.54) is 10.9 Å². The molecular weight excluding hydrogens is 313 g/mol. The lowest BCUT2D eigenvalue weighted by Crippen LogP contribution is -2.34. The number of nitrogens with one attached hydrogen (secondary N) is 2. The number of aromatic amines is 1. The third kappa shape index (κ3) is 3.28. The minimum Gasteiger partial charge on any atom is -0.350 e. The van der Waals surface area contributed by atoms with Gasteiger partial charge in [0.1, 0.15) is 11.5 Å². The highest BCUT2D eigenvalue weighted by atomic mass is 32.1. The van der Waals surface area contributed by atoms with Gasteiger partial charge in [-0.1, -0.05) is 12.1 Å². The molecule has 0 aliphatic carbocycles. The van der Waals surface area contributed by atoms with Crippen molar-refractivity contribution in [1.29, 1.82) is 0 Å². The summed E-state index contributed by atoms with van der Waals surface area (Å²) in [6.07, 6.45) is 0. The Morgan fingerprint density at radius 2 is 2.17 bits per heavy atom. The molecule has 0 saturated heterocycles. The first-order valence-corrected chi connectivity index (χ1v) is 8.19. The number of amides is 1. The van der Waals surface area contributed by atoms with Crippen LogP contribution in [0.15, 0.2) is 41.8 Å². The number of carbonyl (C=O) groups is 1. The number of nitrogens with zero attached hydrogens (tertiary/aromatic N) is 1. The van der Waals surface area contributed by atoms with E-state index in [1.54, 1.807) is 29.5 Å². The van der Waals surface area contributed by atoms with Crippen LogP contribution in [0, 0.1) is 5.82 Å². The topological polar surface area (TPSA) is 48.1 Å². The molecule has 1 aromatic carbocycles. The van der Waals surface area contributed by atoms with Crippen molar-refractivity contribution in [2.24, 2.45) is 0 Å². The highest BCUT2D eigenvalue weighted by molar-refractivity contribution is 7.10. The number of rotatable bonds is 5. The molecule has 120 valence electrons. The fourth-order valence-electron chi connectivity index (χ4n) is 2.54. The summed E-state index contributed by atoms with van der Waals surface area (Å²) in [4.78, 5) is 18.6. The molecule has 6 heteroatoms. The lowest BCUT2D eigenvalue weighted by molar-refractivity contribution is 0.0938. The average molecular weight is 331 g/mol. The third-order valence-electron chi connectivity index (χ3n) is 3.81. The Labute approximate surface area is 137 Å². The lowest BCUT2D eigenvalue weighted by atomic mass is 10.2. The summed E-state index contributed by atoms with van der Waals surface area (Å²) in [6.45, 7) is 0.490. The van der Waals surface area contributed by atoms with Gasteiger partial charge in [-0.25, -0.2) is 4.39 Å². The van der Waals surface area contributed by atoms with Crippen molar-refractivity contribution in [1.82, 2.24) is 15.2 Å². The molecule has 3 rings (SSSR count). The second-order valence-electron chi connectivity index (χ2n) is 5.59. The number of H-pyrrole nitrogens is 1. The minimum absolute atomic E-state index is 0.111. The lowest BCUT2D eigenvalue weighted by Gasteiger charge is -2.23. The number of hydrogen-bond acceptors (Lipinski definition) is 3. The van der Waals surface area contributed by atoms with E-state index < -0.39 is 0 Å². The Balaban J connectivity index is 1.74. The smallest absolute Gasteiger partial charge is 0.267 e. The van der Waals surface area contributed by atoms with E-state index in [0.717, 1.165) is 0 Å². The van der Waals surface area contributed by atoms with Gasteiger partial charge in [-0.15, -0.1) is 11.3 Å². The molecule has 2 heterocycles. The van der Waals surface area contributed by atoms with E-state index in [-0.39, 0.29) is 17.8 Å². The van der Waals surface area contributed by atoms with Crippen LogP contribution in [0.2, 0.25) is 0 Å². The number of thiophene rings is 1. The summed E-state index contributed by atoms with van der Waals surface area (Å²) in [7, 11) is 3.96. The Morgan fingerprint density at radius 1 is 1.35 bits per heavy atom. The van der Waals surface area contributed by atoms with Crippen molar-refractivity contribution in [2.45, 2.75) is 6.04 Å². The van der Waals surface area contributed by atoms with E-state index >= 15 is 0 Å². The second-order valence-corrected chi connectivity index (χ2v) is 6.57. The van der Waals surface area contributed by atoms with Gasteiger partial charge in [0.05, 0.1) is 6.04 Å². The van der Waals surface area contributed by atoms with Gasteiger partial charge in [-0.3, -0.25) is 4.79 Å². The molecule has 2 N–H and O–H groups in total. The van der Waals surface area contributed by atoms with E-state index in [1.807, 2.05) is 25.5 Å². The Kier molecular flexibility index (Phi) is 4.45. The summed E-state index contributed by atoms with van der Waals surface area (Å²) >= 11 is 1.66. The fourth-order valence-corrected chi connectivity index (χ4v) is 3.47. The van der Waals surface area contributed by atoms with Gasteiger partial charge >= 0.3 is 0 Å². The van der Waals surface area contributed by atoms with Gasteiger partial charge in [0.15, 0.2) is 0 Å². The van der Waals surface area contributed by atoms with Crippen molar-refractivity contribution in [3.63, 3.8) is 0 Å². The highest BCUT2D eigenvalue weighted by Gasteiger charge is 2.18. The predicted octanol–water partition coefficient (Wildman–Crippen LogP) is 3.40. The molecule has 0 aliphatic heterocycles. The largest absolute Gasteiger partial charge is 0.350 e. The number of likely N-dealkylation sites (N-methyl/N-ethyl adjacent to an activating group) is 1. The predicted molar refractivity (Wildman–Crippen MR) is 91.3 cm³/mol. The van der Waals surface area contributed by atoms with Crippen LogP contribution >= 0.6 is 11.3 Å². The average Bonchev–Trinajstić information content (AvgIpc) is 3.16. The van der Waals surface area contributed by atoms with E-state index in [0.29, 0.717) is 23.1 Å². The van der Waals surface area contributed by atoms with Crippen LogP contribution in [-0.2, 0) is 0 Å². The van der Waals surface area contributed by atoms with Crippen LogP contribution in [0.3, 0.4) is 0 Å². The zero-order valence-corrected chi connectivity index (χ0v) is 13.8. The van der Waals surface area contributed by atoms with Gasteiger partial charge in [0, 0.05) is 22.3 Å². The number of carbonyl (C=O) groups excluding carboxylic acids is 1. The first-order chi connectivity index (χ1) is 11.1. The Hall–Kier alpha value is -2.18. The molecule has 0 spiro atoms. The van der Waals surface area contributed by atoms with Crippen LogP contribution in [0.25, 0.3) is 10.9 Å². The number of hydrogen-bond donors (Lipinski definition) is 2. The fraction of sp³-hybridized carbons (Fsp3) is 0.235. The maximum absolute atomic E-state index is 13.7. The van der Waals surface area contributed by atoms with Crippen LogP contribution < -0.4 is 5.32 Å². The van der Waals surface area contributed by atoms with Crippen molar-refractivity contribution in [2.75, 3.05) is 20.6 Å². The molecule has 0 radical (unpaired) electrons. The van der Waals surface area contributed by atoms with Crippen LogP contribution in [-0.4, -0.2) is 36.4 Å². The summed E-state index contributed by atoms with van der Waals surface area (Å²) in [6, 6.07) is 10.5. The molecular formula is C17H18FN3OS. The zero-order chi connectivity index (χ0) is 16.4. The van der Waals surface area contributed by atoms with Crippen molar-refractivity contribution in [3.8, 4) is 0 Å². The highest BCUT2D eigenvalue weighted by Crippen LogP contribution is 2.23. The molecule has 0 fully saturated rings. The van der Waals surface area contributed by atoms with Crippen LogP contribution in [0.5, 0.6) is 0 Å². The number of benzene rings is 1. The maximum atomic E-state index is 13.7. The molecule has 4 nitrogen and oxygen atoms in total. The SMILES string of the molecule is CN(C)C(CNC(=O)c1cc2c(F)cccc2[nH]1)c1cccs1. The standard InChI is InChI=1S/C17H18FN3OS/c1-21(2)15(16-7-4-8-23-16)10-19-17(22)14-9-11-12(18)5-3-6-13(11)20-14/h3-9,15,20H,10H2,1-2H3,(H,19,22). The summed E-state index contributed by atoms with van der Waals surface area (Å²) in [5.41, 5.74) is 0.992. The van der Waals surface area contributed by atoms with E-state index in [4.69, 9.17) is 0 Å². The van der Waals surface area contributed by atoms with Gasteiger partial charge < -0.3 is 15.2 Å². The molecule has 23 heavy (non-hydrogen) atoms. The number of aromatic nitrogens is 1. The third-order valence-corrected chi connectivity index (χ3v) is 4.78. The second kappa shape index (κ2) is 6.52. The number of fused-ring (bicyclic) bond motifs is 1. The summed E-state index contributed by atoms with van der Waals surface area (Å²) in [5, 5.41) is 5.37. The van der Waals surface area contributed by atoms with Crippen LogP contribution in [0.1, 0.15) is 21.4 Å². The van der Waals surface area contributed by atoms with Gasteiger partial charge in [-0.2, -0.15) is 0 Å². The zero-order valence-electron chi connectivity index (χ0n) is 13.0. The Morgan fingerprint density at radius 3 is 2.83 bits per heavy atom. The van der Waals surface area contributed by atoms with Gasteiger partial charge in [0.2, 0.25) is 0 Å². The molecule has 1 unspecified atom stereocenters. The molecule has 0 aliphatic rings. The minimum atomic E-state index is -0.331. The van der Waals surface area contributed by atoms with Gasteiger partial charge in [-0.05, 0) is 43.7 Å². The molecule has 2 aromatic heterocycles. The molecule has 1 atom stereocenters. The molecule has 0 saturated carbocycles. The first-order valence-electron chi connectivity index (χ1n) is 7.31. The van der Waals surface area contributed by atoms with Gasteiger partial charge in [0.25, 0.3) is 5.91 Å². The normalized spacial score (nSPS) is 12.7. The van der Waals surface area contributed by atoms with Crippen LogP contribution in [0.4, 0.5) is 4.39 Å². The molecule has 1 amide bonds. The Bertz CT molecular complexity index is 810. The summed E-state index contributed by atoms with van der Waals surface area (Å²) < 4.78 is 13.7. The van der Waals surface area contributed by atoms with Crippen molar-refractivity contribution < 1.29 is 9.18 Å².